The van der Waals surface area contributed by atoms with E-state index < -0.39 is 18.7 Å². The average molecular weight is 252 g/mol. The molecule has 1 aliphatic heterocycles. The summed E-state index contributed by atoms with van der Waals surface area (Å²) in [6, 6.07) is 0. The van der Waals surface area contributed by atoms with Crippen LogP contribution in [0.4, 0.5) is 13.2 Å². The molecule has 2 heterocycles. The number of ether oxygens (including phenoxy) is 1. The molecular formula is C8H11F3N4O2. The van der Waals surface area contributed by atoms with Crippen molar-refractivity contribution < 1.29 is 17.9 Å². The molecule has 96 valence electrons. The summed E-state index contributed by atoms with van der Waals surface area (Å²) >= 11 is 0. The number of hydrogen-bond acceptors (Lipinski definition) is 4. The van der Waals surface area contributed by atoms with Crippen molar-refractivity contribution in [1.82, 2.24) is 19.7 Å². The monoisotopic (exact) mass is 252 g/mol. The molecule has 0 amide bonds. The number of nitrogens with one attached hydrogen (secondary N) is 1. The fraction of sp³-hybridized carbons (Fsp3) is 0.750. The molecule has 17 heavy (non-hydrogen) atoms. The van der Waals surface area contributed by atoms with Crippen molar-refractivity contribution in [1.29, 1.82) is 0 Å². The number of rotatable bonds is 3. The van der Waals surface area contributed by atoms with Gasteiger partial charge < -0.3 is 5.32 Å². The normalized spacial score (nSPS) is 15.9. The van der Waals surface area contributed by atoms with Gasteiger partial charge in [-0.15, -0.1) is 13.2 Å². The van der Waals surface area contributed by atoms with Crippen LogP contribution in [-0.4, -0.2) is 33.9 Å². The van der Waals surface area contributed by atoms with Gasteiger partial charge in [-0.3, -0.25) is 9.30 Å². The van der Waals surface area contributed by atoms with Crippen LogP contribution in [0.3, 0.4) is 0 Å². The fourth-order valence-electron chi connectivity index (χ4n) is 1.63. The van der Waals surface area contributed by atoms with Crippen LogP contribution < -0.4 is 11.0 Å². The summed E-state index contributed by atoms with van der Waals surface area (Å²) in [5.74, 6) is 0.535. The quantitative estimate of drug-likeness (QED) is 0.801. The van der Waals surface area contributed by atoms with E-state index in [1.807, 2.05) is 0 Å². The number of fused-ring (bicyclic) bond motifs is 1. The van der Waals surface area contributed by atoms with Gasteiger partial charge in [0.1, 0.15) is 5.82 Å². The Labute approximate surface area is 94.0 Å². The zero-order chi connectivity index (χ0) is 12.5. The van der Waals surface area contributed by atoms with E-state index in [-0.39, 0.29) is 6.54 Å². The van der Waals surface area contributed by atoms with Crippen molar-refractivity contribution in [3.05, 3.63) is 16.3 Å². The molecule has 1 aromatic heterocycles. The van der Waals surface area contributed by atoms with Crippen molar-refractivity contribution >= 4 is 0 Å². The highest BCUT2D eigenvalue weighted by molar-refractivity contribution is 4.90. The van der Waals surface area contributed by atoms with Crippen LogP contribution in [0.1, 0.15) is 5.82 Å². The zero-order valence-corrected chi connectivity index (χ0v) is 8.83. The molecule has 6 nitrogen and oxygen atoms in total. The minimum absolute atomic E-state index is 0.210. The standard InChI is InChI=1S/C8H11F3N4O2/c9-8(10,11)17-4-3-15-7(16)14-2-1-12-5-6(14)13-15/h12H,1-5H2. The lowest BCUT2D eigenvalue weighted by Gasteiger charge is -2.11. The lowest BCUT2D eigenvalue weighted by Crippen LogP contribution is -2.34. The van der Waals surface area contributed by atoms with Crippen LogP contribution in [0.25, 0.3) is 0 Å². The summed E-state index contributed by atoms with van der Waals surface area (Å²) in [4.78, 5) is 11.7. The van der Waals surface area contributed by atoms with E-state index in [0.29, 0.717) is 25.5 Å². The summed E-state index contributed by atoms with van der Waals surface area (Å²) in [5.41, 5.74) is -0.396. The first kappa shape index (κ1) is 12.1. The number of alkyl halides is 3. The van der Waals surface area contributed by atoms with Gasteiger partial charge in [-0.05, 0) is 0 Å². The first-order valence-electron chi connectivity index (χ1n) is 5.05. The molecular weight excluding hydrogens is 241 g/mol. The lowest BCUT2D eigenvalue weighted by molar-refractivity contribution is -0.325. The van der Waals surface area contributed by atoms with E-state index in [2.05, 4.69) is 15.2 Å². The van der Waals surface area contributed by atoms with Gasteiger partial charge in [0, 0.05) is 13.1 Å². The van der Waals surface area contributed by atoms with Crippen LogP contribution in [0.5, 0.6) is 0 Å². The van der Waals surface area contributed by atoms with Crippen LogP contribution in [0.15, 0.2) is 4.79 Å². The Morgan fingerprint density at radius 1 is 1.47 bits per heavy atom. The first-order chi connectivity index (χ1) is 7.97. The maximum atomic E-state index is 11.7. The molecule has 0 fully saturated rings. The Hall–Kier alpha value is -1.35. The number of aromatic nitrogens is 3. The SMILES string of the molecule is O=c1n(CCOC(F)(F)F)nc2n1CCNC2. The van der Waals surface area contributed by atoms with Crippen molar-refractivity contribution in [3.63, 3.8) is 0 Å². The lowest BCUT2D eigenvalue weighted by atomic mass is 10.4. The summed E-state index contributed by atoms with van der Waals surface area (Å²) in [5, 5.41) is 6.94. The highest BCUT2D eigenvalue weighted by atomic mass is 19.4. The molecule has 1 aliphatic rings. The molecule has 0 radical (unpaired) electrons. The van der Waals surface area contributed by atoms with Crippen LogP contribution in [0.2, 0.25) is 0 Å². The highest BCUT2D eigenvalue weighted by Gasteiger charge is 2.29. The number of hydrogen-bond donors (Lipinski definition) is 1. The van der Waals surface area contributed by atoms with E-state index in [4.69, 9.17) is 0 Å². The topological polar surface area (TPSA) is 61.1 Å². The molecule has 1 N–H and O–H groups in total. The third-order valence-corrected chi connectivity index (χ3v) is 2.36. The second-order valence-electron chi connectivity index (χ2n) is 3.54. The summed E-state index contributed by atoms with van der Waals surface area (Å²) < 4.78 is 41.3. The van der Waals surface area contributed by atoms with Gasteiger partial charge in [0.15, 0.2) is 0 Å². The van der Waals surface area contributed by atoms with Crippen molar-refractivity contribution in [3.8, 4) is 0 Å². The van der Waals surface area contributed by atoms with Crippen molar-refractivity contribution in [2.45, 2.75) is 26.0 Å². The molecule has 1 aromatic rings. The third-order valence-electron chi connectivity index (χ3n) is 2.36. The Morgan fingerprint density at radius 3 is 2.88 bits per heavy atom. The molecule has 0 atom stereocenters. The van der Waals surface area contributed by atoms with E-state index in [1.54, 1.807) is 0 Å². The maximum Gasteiger partial charge on any atom is 0.522 e. The summed E-state index contributed by atoms with van der Waals surface area (Å²) in [6.45, 7) is 0.750. The molecule has 0 unspecified atom stereocenters. The Morgan fingerprint density at radius 2 is 2.24 bits per heavy atom. The number of nitrogens with zero attached hydrogens (tertiary/aromatic N) is 3. The van der Waals surface area contributed by atoms with E-state index >= 15 is 0 Å². The Kier molecular flexibility index (Phi) is 3.20. The van der Waals surface area contributed by atoms with Gasteiger partial charge in [-0.25, -0.2) is 9.48 Å². The van der Waals surface area contributed by atoms with Gasteiger partial charge in [-0.2, -0.15) is 5.10 Å². The Bertz CT molecular complexity index is 451. The molecule has 0 aliphatic carbocycles. The molecule has 0 aromatic carbocycles. The van der Waals surface area contributed by atoms with Gasteiger partial charge >= 0.3 is 12.1 Å². The van der Waals surface area contributed by atoms with E-state index in [0.717, 1.165) is 4.68 Å². The molecule has 0 bridgehead atoms. The molecule has 2 rings (SSSR count). The predicted octanol–water partition coefficient (Wildman–Crippen LogP) is -0.316. The first-order valence-corrected chi connectivity index (χ1v) is 5.05. The second-order valence-corrected chi connectivity index (χ2v) is 3.54. The van der Waals surface area contributed by atoms with E-state index in [1.165, 1.54) is 4.57 Å². The predicted molar refractivity (Wildman–Crippen MR) is 50.2 cm³/mol. The van der Waals surface area contributed by atoms with Crippen molar-refractivity contribution in [2.75, 3.05) is 13.2 Å². The third kappa shape index (κ3) is 2.86. The smallest absolute Gasteiger partial charge is 0.308 e. The molecule has 0 spiro atoms. The Balaban J connectivity index is 2.02. The fourth-order valence-corrected chi connectivity index (χ4v) is 1.63. The van der Waals surface area contributed by atoms with Gasteiger partial charge in [0.25, 0.3) is 0 Å². The minimum atomic E-state index is -4.68. The summed E-state index contributed by atoms with van der Waals surface area (Å²) in [7, 11) is 0. The number of halogens is 3. The molecule has 9 heteroatoms. The van der Waals surface area contributed by atoms with Crippen LogP contribution in [-0.2, 0) is 24.4 Å². The highest BCUT2D eigenvalue weighted by Crippen LogP contribution is 2.15. The zero-order valence-electron chi connectivity index (χ0n) is 8.83. The van der Waals surface area contributed by atoms with Gasteiger partial charge in [0.2, 0.25) is 0 Å². The largest absolute Gasteiger partial charge is 0.522 e. The van der Waals surface area contributed by atoms with Gasteiger partial charge in [0.05, 0.1) is 19.7 Å². The molecule has 0 saturated carbocycles. The van der Waals surface area contributed by atoms with Crippen LogP contribution in [0, 0.1) is 0 Å². The van der Waals surface area contributed by atoms with Gasteiger partial charge in [-0.1, -0.05) is 0 Å². The second kappa shape index (κ2) is 4.49. The minimum Gasteiger partial charge on any atom is -0.308 e. The van der Waals surface area contributed by atoms with E-state index in [9.17, 15) is 18.0 Å². The van der Waals surface area contributed by atoms with Crippen molar-refractivity contribution in [2.24, 2.45) is 0 Å². The maximum absolute atomic E-state index is 11.7. The summed E-state index contributed by atoms with van der Waals surface area (Å²) in [6.07, 6.45) is -4.68. The average Bonchev–Trinajstić information content (AvgIpc) is 2.55. The molecule has 0 saturated heterocycles. The van der Waals surface area contributed by atoms with Crippen LogP contribution >= 0.6 is 0 Å².